The third kappa shape index (κ3) is 2.13. The summed E-state index contributed by atoms with van der Waals surface area (Å²) < 4.78 is 0. The van der Waals surface area contributed by atoms with Gasteiger partial charge in [0.15, 0.2) is 0 Å². The zero-order valence-corrected chi connectivity index (χ0v) is 7.15. The van der Waals surface area contributed by atoms with Gasteiger partial charge in [0.25, 0.3) is 0 Å². The number of nitrogens with one attached hydrogen (secondary N) is 1. The Morgan fingerprint density at radius 2 is 1.75 bits per heavy atom. The van der Waals surface area contributed by atoms with E-state index in [1.807, 2.05) is 0 Å². The third-order valence-electron chi connectivity index (χ3n) is 0.718. The van der Waals surface area contributed by atoms with Crippen molar-refractivity contribution in [2.45, 2.75) is 0 Å². The SMILES string of the molecule is [NH]c1cc[c-]cc1.[W]. The van der Waals surface area contributed by atoms with E-state index in [0.717, 1.165) is 0 Å². The summed E-state index contributed by atoms with van der Waals surface area (Å²) in [5.74, 6) is 0. The molecular formula is C6H5NW-. The molecule has 0 aromatic heterocycles. The molecule has 0 heterocycles. The Morgan fingerprint density at radius 3 is 2.00 bits per heavy atom. The summed E-state index contributed by atoms with van der Waals surface area (Å²) >= 11 is 0. The first-order valence-electron chi connectivity index (χ1n) is 2.07. The summed E-state index contributed by atoms with van der Waals surface area (Å²) in [5.41, 5.74) is 7.52. The Hall–Kier alpha value is -0.292. The van der Waals surface area contributed by atoms with E-state index in [1.54, 1.807) is 24.3 Å². The van der Waals surface area contributed by atoms with Gasteiger partial charge in [-0.05, 0) is 0 Å². The average molecular weight is 275 g/mol. The van der Waals surface area contributed by atoms with Gasteiger partial charge in [0, 0.05) is 21.1 Å². The second-order valence-corrected chi connectivity index (χ2v) is 1.29. The van der Waals surface area contributed by atoms with Gasteiger partial charge in [-0.25, -0.2) is 0 Å². The predicted octanol–water partition coefficient (Wildman–Crippen LogP) is 1.40. The van der Waals surface area contributed by atoms with Crippen LogP contribution in [0.2, 0.25) is 0 Å². The number of rotatable bonds is 0. The van der Waals surface area contributed by atoms with Gasteiger partial charge in [0.05, 0.1) is 0 Å². The van der Waals surface area contributed by atoms with Gasteiger partial charge in [-0.1, -0.05) is 5.69 Å². The van der Waals surface area contributed by atoms with Crippen LogP contribution in [0.15, 0.2) is 24.3 Å². The maximum absolute atomic E-state index is 6.98. The number of hydrogen-bond donors (Lipinski definition) is 0. The normalized spacial score (nSPS) is 7.50. The molecule has 1 N–H and O–H groups in total. The van der Waals surface area contributed by atoms with Crippen molar-refractivity contribution in [1.29, 1.82) is 0 Å². The predicted molar refractivity (Wildman–Crippen MR) is 28.0 cm³/mol. The van der Waals surface area contributed by atoms with Crippen LogP contribution in [0.1, 0.15) is 0 Å². The third-order valence-corrected chi connectivity index (χ3v) is 0.718. The molecular weight excluding hydrogens is 270 g/mol. The summed E-state index contributed by atoms with van der Waals surface area (Å²) in [6, 6.07) is 9.65. The van der Waals surface area contributed by atoms with Crippen molar-refractivity contribution >= 4 is 5.69 Å². The second-order valence-electron chi connectivity index (χ2n) is 1.29. The molecule has 0 spiro atoms. The largest absolute Gasteiger partial charge is 0.327 e. The molecule has 0 atom stereocenters. The molecule has 0 aliphatic carbocycles. The van der Waals surface area contributed by atoms with Crippen LogP contribution < -0.4 is 5.73 Å². The molecule has 0 unspecified atom stereocenters. The number of benzene rings is 1. The second kappa shape index (κ2) is 3.68. The van der Waals surface area contributed by atoms with Crippen LogP contribution in [0.25, 0.3) is 0 Å². The van der Waals surface area contributed by atoms with E-state index in [0.29, 0.717) is 5.69 Å². The van der Waals surface area contributed by atoms with Crippen LogP contribution in [-0.2, 0) is 21.1 Å². The van der Waals surface area contributed by atoms with Crippen LogP contribution in [0.3, 0.4) is 0 Å². The smallest absolute Gasteiger partial charge is 0 e. The zero-order valence-electron chi connectivity index (χ0n) is 4.22. The van der Waals surface area contributed by atoms with Crippen LogP contribution in [0.4, 0.5) is 5.69 Å². The number of hydrogen-bond acceptors (Lipinski definition) is 0. The first-order valence-corrected chi connectivity index (χ1v) is 2.07. The Kier molecular flexibility index (Phi) is 3.54. The minimum Gasteiger partial charge on any atom is -0.327 e. The van der Waals surface area contributed by atoms with Crippen LogP contribution in [0.5, 0.6) is 0 Å². The van der Waals surface area contributed by atoms with Gasteiger partial charge in [-0.3, -0.25) is 0 Å². The molecule has 2 heteroatoms. The molecule has 0 aliphatic rings. The van der Waals surface area contributed by atoms with Crippen LogP contribution in [-0.4, -0.2) is 0 Å². The standard InChI is InChI=1S/C6H5N.W/c7-6-4-2-1-3-5-6;/h2-5,7H;/q-1;. The summed E-state index contributed by atoms with van der Waals surface area (Å²) in [5, 5.41) is 0. The minimum absolute atomic E-state index is 0. The molecule has 1 rings (SSSR count). The van der Waals surface area contributed by atoms with E-state index < -0.39 is 0 Å². The molecule has 1 aromatic carbocycles. The molecule has 0 saturated carbocycles. The molecule has 0 saturated heterocycles. The summed E-state index contributed by atoms with van der Waals surface area (Å²) in [6.45, 7) is 0. The molecule has 0 bridgehead atoms. The average Bonchev–Trinajstić information content (AvgIpc) is 1.69. The van der Waals surface area contributed by atoms with E-state index in [9.17, 15) is 0 Å². The van der Waals surface area contributed by atoms with Crippen molar-refractivity contribution in [3.05, 3.63) is 30.3 Å². The van der Waals surface area contributed by atoms with Gasteiger partial charge < -0.3 is 5.73 Å². The fourth-order valence-electron chi connectivity index (χ4n) is 0.387. The molecule has 0 fully saturated rings. The van der Waals surface area contributed by atoms with Crippen LogP contribution in [0, 0.1) is 6.07 Å². The fraction of sp³-hybridized carbons (Fsp3) is 0. The topological polar surface area (TPSA) is 23.8 Å². The van der Waals surface area contributed by atoms with Gasteiger partial charge in [0.2, 0.25) is 0 Å². The molecule has 0 amide bonds. The van der Waals surface area contributed by atoms with E-state index in [4.69, 9.17) is 5.73 Å². The van der Waals surface area contributed by atoms with E-state index in [-0.39, 0.29) is 21.1 Å². The van der Waals surface area contributed by atoms with Gasteiger partial charge in [-0.2, -0.15) is 18.2 Å². The van der Waals surface area contributed by atoms with Gasteiger partial charge >= 0.3 is 0 Å². The summed E-state index contributed by atoms with van der Waals surface area (Å²) in [6.07, 6.45) is 0. The van der Waals surface area contributed by atoms with Crippen molar-refractivity contribution in [3.63, 3.8) is 0 Å². The fourth-order valence-corrected chi connectivity index (χ4v) is 0.387. The Labute approximate surface area is 63.2 Å². The summed E-state index contributed by atoms with van der Waals surface area (Å²) in [7, 11) is 0. The minimum atomic E-state index is 0. The molecule has 1 radical (unpaired) electrons. The van der Waals surface area contributed by atoms with E-state index >= 15 is 0 Å². The van der Waals surface area contributed by atoms with E-state index in [1.165, 1.54) is 0 Å². The monoisotopic (exact) mass is 275 g/mol. The van der Waals surface area contributed by atoms with E-state index in [2.05, 4.69) is 6.07 Å². The van der Waals surface area contributed by atoms with Crippen molar-refractivity contribution in [1.82, 2.24) is 5.73 Å². The van der Waals surface area contributed by atoms with Gasteiger partial charge in [-0.15, -0.1) is 12.1 Å². The molecule has 41 valence electrons. The zero-order chi connectivity index (χ0) is 5.11. The van der Waals surface area contributed by atoms with Gasteiger partial charge in [0.1, 0.15) is 0 Å². The molecule has 8 heavy (non-hydrogen) atoms. The van der Waals surface area contributed by atoms with Crippen molar-refractivity contribution < 1.29 is 21.1 Å². The molecule has 0 aliphatic heterocycles. The molecule has 1 aromatic rings. The van der Waals surface area contributed by atoms with Crippen molar-refractivity contribution in [3.8, 4) is 0 Å². The maximum Gasteiger partial charge on any atom is 0 e. The van der Waals surface area contributed by atoms with Crippen LogP contribution >= 0.6 is 0 Å². The quantitative estimate of drug-likeness (QED) is 0.639. The maximum atomic E-state index is 6.98. The van der Waals surface area contributed by atoms with Crippen molar-refractivity contribution in [2.24, 2.45) is 0 Å². The van der Waals surface area contributed by atoms with Crippen molar-refractivity contribution in [2.75, 3.05) is 0 Å². The first-order chi connectivity index (χ1) is 3.39. The Bertz CT molecular complexity index is 138. The Balaban J connectivity index is 0.000000490. The first kappa shape index (κ1) is 7.71. The Morgan fingerprint density at radius 1 is 1.25 bits per heavy atom. The molecule has 1 nitrogen and oxygen atoms in total. The summed E-state index contributed by atoms with van der Waals surface area (Å²) in [4.78, 5) is 0.